The number of hydrogen-bond donors (Lipinski definition) is 1. The van der Waals surface area contributed by atoms with Gasteiger partial charge in [-0.3, -0.25) is 9.59 Å². The number of hydrogen-bond acceptors (Lipinski definition) is 4. The summed E-state index contributed by atoms with van der Waals surface area (Å²) in [4.78, 5) is 41.5. The molecule has 0 aliphatic carbocycles. The van der Waals surface area contributed by atoms with Gasteiger partial charge in [0.15, 0.2) is 6.61 Å². The molecule has 2 atom stereocenters. The first-order valence-corrected chi connectivity index (χ1v) is 11.2. The monoisotopic (exact) mass is 435 g/mol. The smallest absolute Gasteiger partial charge is 0.321 e. The second-order valence-corrected chi connectivity index (χ2v) is 8.47. The van der Waals surface area contributed by atoms with Crippen molar-refractivity contribution in [3.05, 3.63) is 60.2 Å². The zero-order valence-electron chi connectivity index (χ0n) is 18.3. The highest BCUT2D eigenvalue weighted by Crippen LogP contribution is 2.30. The summed E-state index contributed by atoms with van der Waals surface area (Å²) < 4.78 is 5.42. The molecule has 0 bridgehead atoms. The molecule has 0 spiro atoms. The number of anilines is 2. The lowest BCUT2D eigenvalue weighted by Crippen LogP contribution is -2.46. The summed E-state index contributed by atoms with van der Waals surface area (Å²) in [6.07, 6.45) is 3.17. The molecule has 1 saturated heterocycles. The minimum atomic E-state index is -0.427. The molecule has 7 nitrogen and oxygen atoms in total. The summed E-state index contributed by atoms with van der Waals surface area (Å²) in [5.74, 6) is -1.06. The lowest BCUT2D eigenvalue weighted by atomic mass is 9.96. The second-order valence-electron chi connectivity index (χ2n) is 8.47. The van der Waals surface area contributed by atoms with E-state index in [0.29, 0.717) is 25.1 Å². The Bertz CT molecular complexity index is 978. The number of benzene rings is 2. The number of esters is 1. The van der Waals surface area contributed by atoms with Gasteiger partial charge in [-0.1, -0.05) is 36.4 Å². The van der Waals surface area contributed by atoms with Crippen molar-refractivity contribution in [2.24, 2.45) is 5.92 Å². The van der Waals surface area contributed by atoms with Gasteiger partial charge in [-0.25, -0.2) is 4.79 Å². The van der Waals surface area contributed by atoms with Crippen molar-refractivity contribution in [1.82, 2.24) is 4.90 Å². The van der Waals surface area contributed by atoms with Gasteiger partial charge in [0.2, 0.25) is 0 Å². The topological polar surface area (TPSA) is 79.0 Å². The summed E-state index contributed by atoms with van der Waals surface area (Å²) in [6.45, 7) is 2.60. The van der Waals surface area contributed by atoms with E-state index in [4.69, 9.17) is 4.74 Å². The van der Waals surface area contributed by atoms with Crippen LogP contribution in [0.4, 0.5) is 16.2 Å². The maximum atomic E-state index is 12.9. The first kappa shape index (κ1) is 21.9. The van der Waals surface area contributed by atoms with E-state index in [1.807, 2.05) is 61.5 Å². The lowest BCUT2D eigenvalue weighted by molar-refractivity contribution is -0.153. The molecule has 7 heteroatoms. The van der Waals surface area contributed by atoms with Gasteiger partial charge in [-0.15, -0.1) is 0 Å². The minimum Gasteiger partial charge on any atom is -0.455 e. The first-order chi connectivity index (χ1) is 15.5. The van der Waals surface area contributed by atoms with Gasteiger partial charge >= 0.3 is 12.0 Å². The molecule has 2 aromatic carbocycles. The van der Waals surface area contributed by atoms with Gasteiger partial charge in [-0.05, 0) is 56.4 Å². The third-order valence-corrected chi connectivity index (χ3v) is 6.20. The highest BCUT2D eigenvalue weighted by Gasteiger charge is 2.32. The van der Waals surface area contributed by atoms with Crippen LogP contribution < -0.4 is 10.2 Å². The Morgan fingerprint density at radius 1 is 1.03 bits per heavy atom. The Hall–Kier alpha value is -3.35. The number of nitrogens with zero attached hydrogens (tertiary/aromatic N) is 2. The Morgan fingerprint density at radius 2 is 1.78 bits per heavy atom. The Kier molecular flexibility index (Phi) is 6.73. The predicted molar refractivity (Wildman–Crippen MR) is 122 cm³/mol. The van der Waals surface area contributed by atoms with Crippen molar-refractivity contribution in [2.75, 3.05) is 29.9 Å². The highest BCUT2D eigenvalue weighted by molar-refractivity contribution is 5.97. The molecule has 0 saturated carbocycles. The largest absolute Gasteiger partial charge is 0.455 e. The molecule has 2 heterocycles. The third kappa shape index (κ3) is 4.93. The molecule has 2 aliphatic heterocycles. The van der Waals surface area contributed by atoms with E-state index in [-0.39, 0.29) is 31.1 Å². The van der Waals surface area contributed by atoms with E-state index in [2.05, 4.69) is 5.32 Å². The molecule has 4 rings (SSSR count). The van der Waals surface area contributed by atoms with Gasteiger partial charge < -0.3 is 19.9 Å². The lowest BCUT2D eigenvalue weighted by Gasteiger charge is -2.35. The molecule has 1 N–H and O–H groups in total. The van der Waals surface area contributed by atoms with Crippen molar-refractivity contribution in [2.45, 2.75) is 38.6 Å². The van der Waals surface area contributed by atoms with Crippen LogP contribution in [0.15, 0.2) is 54.6 Å². The standard InChI is InChI=1S/C25H29N3O4/c1-18-13-14-19-8-5-6-12-22(19)28(18)23(29)17-32-24(30)20-9-7-15-27(16-20)25(31)26-21-10-3-2-4-11-21/h2-6,8,10-12,18,20H,7,9,13-17H2,1H3,(H,26,31)/t18-,20-/m1/s1. The Labute approximate surface area is 188 Å². The van der Waals surface area contributed by atoms with E-state index < -0.39 is 11.9 Å². The van der Waals surface area contributed by atoms with Crippen LogP contribution in [0.1, 0.15) is 31.7 Å². The minimum absolute atomic E-state index is 0.0583. The molecule has 2 aliphatic rings. The SMILES string of the molecule is C[C@@H]1CCc2ccccc2N1C(=O)COC(=O)[C@@H]1CCCN(C(=O)Nc2ccccc2)C1. The fourth-order valence-corrected chi connectivity index (χ4v) is 4.47. The number of likely N-dealkylation sites (tertiary alicyclic amines) is 1. The number of aryl methyl sites for hydroxylation is 1. The van der Waals surface area contributed by atoms with E-state index >= 15 is 0 Å². The van der Waals surface area contributed by atoms with Gasteiger partial charge in [-0.2, -0.15) is 0 Å². The van der Waals surface area contributed by atoms with Crippen molar-refractivity contribution < 1.29 is 19.1 Å². The zero-order valence-corrected chi connectivity index (χ0v) is 18.3. The molecular weight excluding hydrogens is 406 g/mol. The summed E-state index contributed by atoms with van der Waals surface area (Å²) >= 11 is 0. The third-order valence-electron chi connectivity index (χ3n) is 6.20. The molecular formula is C25H29N3O4. The fourth-order valence-electron chi connectivity index (χ4n) is 4.47. The van der Waals surface area contributed by atoms with Gasteiger partial charge in [0, 0.05) is 30.5 Å². The van der Waals surface area contributed by atoms with Crippen LogP contribution in [0, 0.1) is 5.92 Å². The van der Waals surface area contributed by atoms with E-state index in [0.717, 1.165) is 24.1 Å². The number of carbonyl (C=O) groups excluding carboxylic acids is 3. The van der Waals surface area contributed by atoms with Gasteiger partial charge in [0.25, 0.3) is 5.91 Å². The van der Waals surface area contributed by atoms with Crippen molar-refractivity contribution in [1.29, 1.82) is 0 Å². The average molecular weight is 436 g/mol. The molecule has 2 aromatic rings. The Morgan fingerprint density at radius 3 is 2.59 bits per heavy atom. The molecule has 32 heavy (non-hydrogen) atoms. The fraction of sp³-hybridized carbons (Fsp3) is 0.400. The molecule has 3 amide bonds. The van der Waals surface area contributed by atoms with Crippen LogP contribution in [0.25, 0.3) is 0 Å². The molecule has 0 radical (unpaired) electrons. The average Bonchev–Trinajstić information content (AvgIpc) is 2.83. The number of nitrogens with one attached hydrogen (secondary N) is 1. The van der Waals surface area contributed by atoms with Crippen LogP contribution in [0.5, 0.6) is 0 Å². The highest BCUT2D eigenvalue weighted by atomic mass is 16.5. The molecule has 1 fully saturated rings. The quantitative estimate of drug-likeness (QED) is 0.740. The van der Waals surface area contributed by atoms with Crippen molar-refractivity contribution in [3.63, 3.8) is 0 Å². The van der Waals surface area contributed by atoms with Crippen LogP contribution in [0.2, 0.25) is 0 Å². The van der Waals surface area contributed by atoms with Crippen molar-refractivity contribution >= 4 is 29.3 Å². The number of rotatable bonds is 4. The molecule has 0 aromatic heterocycles. The number of fused-ring (bicyclic) bond motifs is 1. The van der Waals surface area contributed by atoms with Crippen LogP contribution in [0.3, 0.4) is 0 Å². The number of ether oxygens (including phenoxy) is 1. The molecule has 0 unspecified atom stereocenters. The Balaban J connectivity index is 1.32. The summed E-state index contributed by atoms with van der Waals surface area (Å²) in [5.41, 5.74) is 2.75. The van der Waals surface area contributed by atoms with E-state index in [1.165, 1.54) is 0 Å². The maximum absolute atomic E-state index is 12.9. The van der Waals surface area contributed by atoms with Crippen molar-refractivity contribution in [3.8, 4) is 0 Å². The summed E-state index contributed by atoms with van der Waals surface area (Å²) in [6, 6.07) is 16.9. The molecule has 168 valence electrons. The van der Waals surface area contributed by atoms with Crippen LogP contribution >= 0.6 is 0 Å². The number of piperidine rings is 1. The second kappa shape index (κ2) is 9.85. The predicted octanol–water partition coefficient (Wildman–Crippen LogP) is 3.84. The first-order valence-electron chi connectivity index (χ1n) is 11.2. The number of urea groups is 1. The number of amides is 3. The summed E-state index contributed by atoms with van der Waals surface area (Å²) in [5, 5.41) is 2.85. The summed E-state index contributed by atoms with van der Waals surface area (Å²) in [7, 11) is 0. The van der Waals surface area contributed by atoms with E-state index in [1.54, 1.807) is 9.80 Å². The normalized spacial score (nSPS) is 20.3. The van der Waals surface area contributed by atoms with Crippen LogP contribution in [-0.4, -0.2) is 48.5 Å². The number of para-hydroxylation sites is 2. The maximum Gasteiger partial charge on any atom is 0.321 e. The van der Waals surface area contributed by atoms with E-state index in [9.17, 15) is 14.4 Å². The van der Waals surface area contributed by atoms with Gasteiger partial charge in [0.1, 0.15) is 0 Å². The van der Waals surface area contributed by atoms with Crippen LogP contribution in [-0.2, 0) is 20.7 Å². The van der Waals surface area contributed by atoms with Gasteiger partial charge in [0.05, 0.1) is 5.92 Å². The number of carbonyl (C=O) groups is 3. The zero-order chi connectivity index (χ0) is 22.5.